The molecule has 16 heavy (non-hydrogen) atoms. The van der Waals surface area contributed by atoms with Gasteiger partial charge in [-0.2, -0.15) is 0 Å². The van der Waals surface area contributed by atoms with Crippen LogP contribution in [0, 0.1) is 0 Å². The van der Waals surface area contributed by atoms with Crippen molar-refractivity contribution in [3.63, 3.8) is 0 Å². The van der Waals surface area contributed by atoms with E-state index in [1.54, 1.807) is 4.90 Å². The molecule has 0 aromatic heterocycles. The number of amides is 1. The fourth-order valence-electron chi connectivity index (χ4n) is 1.67. The normalized spacial score (nSPS) is 19.1. The Labute approximate surface area is 94.4 Å². The molecule has 1 saturated heterocycles. The van der Waals surface area contributed by atoms with Crippen molar-refractivity contribution in [3.05, 3.63) is 35.9 Å². The van der Waals surface area contributed by atoms with E-state index in [1.165, 1.54) is 0 Å². The van der Waals surface area contributed by atoms with Crippen LogP contribution in [0.25, 0.3) is 0 Å². The maximum Gasteiger partial charge on any atom is 0.410 e. The average Bonchev–Trinajstić information content (AvgIpc) is 2.27. The van der Waals surface area contributed by atoms with Gasteiger partial charge in [0.25, 0.3) is 0 Å². The number of likely N-dealkylation sites (tertiary alicyclic amines) is 1. The summed E-state index contributed by atoms with van der Waals surface area (Å²) in [6.45, 7) is 0.980. The number of aliphatic hydroxyl groups is 1. The van der Waals surface area contributed by atoms with Gasteiger partial charge in [0.05, 0.1) is 12.6 Å². The number of hydrogen-bond acceptors (Lipinski definition) is 3. The van der Waals surface area contributed by atoms with E-state index >= 15 is 0 Å². The Balaban J connectivity index is 1.80. The summed E-state index contributed by atoms with van der Waals surface area (Å²) in [5, 5.41) is 8.94. The number of carbonyl (C=O) groups excluding carboxylic acids is 1. The summed E-state index contributed by atoms with van der Waals surface area (Å²) in [5.74, 6) is 0. The topological polar surface area (TPSA) is 49.8 Å². The van der Waals surface area contributed by atoms with Crippen LogP contribution in [-0.2, 0) is 11.3 Å². The van der Waals surface area contributed by atoms with Gasteiger partial charge in [-0.05, 0) is 12.0 Å². The summed E-state index contributed by atoms with van der Waals surface area (Å²) >= 11 is 0. The molecule has 0 unspecified atom stereocenters. The van der Waals surface area contributed by atoms with Crippen molar-refractivity contribution in [2.75, 3.05) is 13.2 Å². The number of carbonyl (C=O) groups is 1. The Morgan fingerprint density at radius 2 is 2.19 bits per heavy atom. The van der Waals surface area contributed by atoms with E-state index in [0.717, 1.165) is 12.0 Å². The number of benzene rings is 1. The lowest BCUT2D eigenvalue weighted by atomic mass is 10.1. The van der Waals surface area contributed by atoms with Crippen LogP contribution < -0.4 is 0 Å². The summed E-state index contributed by atoms with van der Waals surface area (Å²) < 4.78 is 5.14. The lowest BCUT2D eigenvalue weighted by molar-refractivity contribution is 0.0214. The van der Waals surface area contributed by atoms with Crippen molar-refractivity contribution in [2.24, 2.45) is 0 Å². The van der Waals surface area contributed by atoms with Gasteiger partial charge in [0.1, 0.15) is 6.61 Å². The molecular weight excluding hydrogens is 206 g/mol. The molecule has 1 aromatic rings. The molecule has 1 aliphatic rings. The summed E-state index contributed by atoms with van der Waals surface area (Å²) in [6.07, 6.45) is 0.519. The van der Waals surface area contributed by atoms with Crippen LogP contribution >= 0.6 is 0 Å². The molecule has 0 saturated carbocycles. The molecule has 2 rings (SSSR count). The smallest absolute Gasteiger partial charge is 0.410 e. The number of rotatable bonds is 3. The SMILES string of the molecule is O=C(OCc1ccccc1)N1CC[C@@H]1CO. The Hall–Kier alpha value is -1.55. The highest BCUT2D eigenvalue weighted by atomic mass is 16.6. The van der Waals surface area contributed by atoms with Crippen molar-refractivity contribution in [1.29, 1.82) is 0 Å². The number of hydrogen-bond donors (Lipinski definition) is 1. The molecule has 0 spiro atoms. The molecule has 86 valence electrons. The number of aliphatic hydroxyl groups excluding tert-OH is 1. The van der Waals surface area contributed by atoms with Gasteiger partial charge in [-0.3, -0.25) is 0 Å². The fraction of sp³-hybridized carbons (Fsp3) is 0.417. The van der Waals surface area contributed by atoms with Crippen molar-refractivity contribution >= 4 is 6.09 Å². The molecule has 1 aromatic carbocycles. The number of nitrogens with zero attached hydrogens (tertiary/aromatic N) is 1. The Morgan fingerprint density at radius 3 is 2.75 bits per heavy atom. The average molecular weight is 221 g/mol. The predicted molar refractivity (Wildman–Crippen MR) is 58.8 cm³/mol. The molecule has 4 nitrogen and oxygen atoms in total. The quantitative estimate of drug-likeness (QED) is 0.839. The van der Waals surface area contributed by atoms with Crippen LogP contribution in [0.4, 0.5) is 4.79 Å². The van der Waals surface area contributed by atoms with Gasteiger partial charge >= 0.3 is 6.09 Å². The lowest BCUT2D eigenvalue weighted by Gasteiger charge is -2.38. The third-order valence-electron chi connectivity index (χ3n) is 2.79. The van der Waals surface area contributed by atoms with E-state index < -0.39 is 0 Å². The first-order valence-corrected chi connectivity index (χ1v) is 5.39. The minimum atomic E-state index is -0.339. The van der Waals surface area contributed by atoms with Gasteiger partial charge in [-0.25, -0.2) is 4.79 Å². The summed E-state index contributed by atoms with van der Waals surface area (Å²) in [4.78, 5) is 13.1. The van der Waals surface area contributed by atoms with E-state index in [1.807, 2.05) is 30.3 Å². The molecule has 0 bridgehead atoms. The summed E-state index contributed by atoms with van der Waals surface area (Å²) in [6, 6.07) is 9.50. The van der Waals surface area contributed by atoms with Crippen LogP contribution in [0.15, 0.2) is 30.3 Å². The molecule has 1 aliphatic heterocycles. The fourth-order valence-corrected chi connectivity index (χ4v) is 1.67. The highest BCUT2D eigenvalue weighted by Gasteiger charge is 2.32. The zero-order valence-electron chi connectivity index (χ0n) is 9.00. The standard InChI is InChI=1S/C12H15NO3/c14-8-11-6-7-13(11)12(15)16-9-10-4-2-1-3-5-10/h1-5,11,14H,6-9H2/t11-/m1/s1. The highest BCUT2D eigenvalue weighted by Crippen LogP contribution is 2.18. The van der Waals surface area contributed by atoms with Gasteiger partial charge in [0.15, 0.2) is 0 Å². The van der Waals surface area contributed by atoms with Crippen LogP contribution in [0.3, 0.4) is 0 Å². The van der Waals surface area contributed by atoms with Crippen molar-refractivity contribution in [1.82, 2.24) is 4.90 Å². The molecule has 1 amide bonds. The van der Waals surface area contributed by atoms with Crippen molar-refractivity contribution in [3.8, 4) is 0 Å². The first kappa shape index (κ1) is 11.0. The van der Waals surface area contributed by atoms with Crippen molar-refractivity contribution in [2.45, 2.75) is 19.1 Å². The highest BCUT2D eigenvalue weighted by molar-refractivity contribution is 5.69. The largest absolute Gasteiger partial charge is 0.445 e. The third kappa shape index (κ3) is 2.33. The molecule has 1 heterocycles. The Morgan fingerprint density at radius 1 is 1.44 bits per heavy atom. The Kier molecular flexibility index (Phi) is 3.41. The molecule has 1 N–H and O–H groups in total. The van der Waals surface area contributed by atoms with E-state index in [9.17, 15) is 4.79 Å². The molecular formula is C12H15NO3. The minimum absolute atomic E-state index is 0.0143. The molecule has 0 aliphatic carbocycles. The second kappa shape index (κ2) is 4.99. The second-order valence-electron chi connectivity index (χ2n) is 3.86. The summed E-state index contributed by atoms with van der Waals surface area (Å²) in [5.41, 5.74) is 0.969. The van der Waals surface area contributed by atoms with E-state index in [-0.39, 0.29) is 25.3 Å². The van der Waals surface area contributed by atoms with Crippen LogP contribution in [-0.4, -0.2) is 35.3 Å². The molecule has 0 radical (unpaired) electrons. The first-order valence-electron chi connectivity index (χ1n) is 5.39. The second-order valence-corrected chi connectivity index (χ2v) is 3.86. The maximum atomic E-state index is 11.6. The van der Waals surface area contributed by atoms with Crippen LogP contribution in [0.1, 0.15) is 12.0 Å². The molecule has 1 fully saturated rings. The summed E-state index contributed by atoms with van der Waals surface area (Å²) in [7, 11) is 0. The maximum absolute atomic E-state index is 11.6. The molecule has 1 atom stereocenters. The van der Waals surface area contributed by atoms with Gasteiger partial charge in [-0.15, -0.1) is 0 Å². The van der Waals surface area contributed by atoms with Gasteiger partial charge in [0.2, 0.25) is 0 Å². The third-order valence-corrected chi connectivity index (χ3v) is 2.79. The lowest BCUT2D eigenvalue weighted by Crippen LogP contribution is -2.53. The zero-order valence-corrected chi connectivity index (χ0v) is 9.00. The van der Waals surface area contributed by atoms with E-state index in [4.69, 9.17) is 9.84 Å². The van der Waals surface area contributed by atoms with Gasteiger partial charge in [0, 0.05) is 6.54 Å². The molecule has 4 heteroatoms. The first-order chi connectivity index (χ1) is 7.81. The van der Waals surface area contributed by atoms with Crippen molar-refractivity contribution < 1.29 is 14.6 Å². The monoisotopic (exact) mass is 221 g/mol. The predicted octanol–water partition coefficient (Wildman–Crippen LogP) is 1.39. The zero-order chi connectivity index (χ0) is 11.4. The van der Waals surface area contributed by atoms with E-state index in [2.05, 4.69) is 0 Å². The Bertz CT molecular complexity index is 351. The van der Waals surface area contributed by atoms with Crippen LogP contribution in [0.5, 0.6) is 0 Å². The van der Waals surface area contributed by atoms with E-state index in [0.29, 0.717) is 6.54 Å². The van der Waals surface area contributed by atoms with Gasteiger partial charge in [-0.1, -0.05) is 30.3 Å². The van der Waals surface area contributed by atoms with Crippen LogP contribution in [0.2, 0.25) is 0 Å². The number of ether oxygens (including phenoxy) is 1. The minimum Gasteiger partial charge on any atom is -0.445 e. The van der Waals surface area contributed by atoms with Gasteiger partial charge < -0.3 is 14.7 Å².